The van der Waals surface area contributed by atoms with Gasteiger partial charge in [0, 0.05) is 6.20 Å². The van der Waals surface area contributed by atoms with Crippen LogP contribution in [0.2, 0.25) is 0 Å². The third-order valence-corrected chi connectivity index (χ3v) is 3.23. The fourth-order valence-electron chi connectivity index (χ4n) is 2.13. The van der Waals surface area contributed by atoms with Gasteiger partial charge >= 0.3 is 5.97 Å². The molecule has 0 aliphatic rings. The molecule has 1 aromatic carbocycles. The molecule has 1 atom stereocenters. The summed E-state index contributed by atoms with van der Waals surface area (Å²) in [7, 11) is 1.65. The number of aromatic nitrogens is 2. The van der Waals surface area contributed by atoms with Crippen molar-refractivity contribution in [2.24, 2.45) is 0 Å². The molecule has 1 aromatic heterocycles. The number of aryl methyl sites for hydroxylation is 1. The zero-order valence-corrected chi connectivity index (χ0v) is 11.0. The van der Waals surface area contributed by atoms with Gasteiger partial charge in [0.25, 0.3) is 0 Å². The number of carbonyl (C=O) groups is 1. The predicted molar refractivity (Wildman–Crippen MR) is 71.8 cm³/mol. The molecule has 5 heteroatoms. The topological polar surface area (TPSA) is 67.2 Å². The van der Waals surface area contributed by atoms with E-state index in [1.54, 1.807) is 30.1 Å². The lowest BCUT2D eigenvalue weighted by Gasteiger charge is -2.29. The molecule has 0 fully saturated rings. The molecule has 0 saturated heterocycles. The monoisotopic (exact) mass is 259 g/mol. The van der Waals surface area contributed by atoms with Crippen LogP contribution in [0.4, 0.5) is 0 Å². The van der Waals surface area contributed by atoms with Crippen LogP contribution in [0.25, 0.3) is 0 Å². The van der Waals surface area contributed by atoms with E-state index < -0.39 is 11.5 Å². The van der Waals surface area contributed by atoms with Gasteiger partial charge in [-0.1, -0.05) is 30.3 Å². The number of carboxylic acids is 1. The Hall–Kier alpha value is -2.14. The van der Waals surface area contributed by atoms with E-state index in [-0.39, 0.29) is 6.54 Å². The van der Waals surface area contributed by atoms with Gasteiger partial charge in [0.2, 0.25) is 0 Å². The first-order valence-corrected chi connectivity index (χ1v) is 6.06. The molecule has 0 bridgehead atoms. The fourth-order valence-corrected chi connectivity index (χ4v) is 2.13. The van der Waals surface area contributed by atoms with Crippen LogP contribution in [-0.4, -0.2) is 27.9 Å². The van der Waals surface area contributed by atoms with Crippen molar-refractivity contribution in [3.8, 4) is 0 Å². The van der Waals surface area contributed by atoms with Crippen molar-refractivity contribution >= 4 is 5.97 Å². The molecular formula is C14H17N3O2. The maximum Gasteiger partial charge on any atom is 0.330 e. The van der Waals surface area contributed by atoms with Gasteiger partial charge < -0.3 is 5.11 Å². The van der Waals surface area contributed by atoms with Crippen molar-refractivity contribution in [2.45, 2.75) is 19.0 Å². The summed E-state index contributed by atoms with van der Waals surface area (Å²) in [6, 6.07) is 11.0. The average molecular weight is 259 g/mol. The summed E-state index contributed by atoms with van der Waals surface area (Å²) in [5, 5.41) is 16.8. The second-order valence-electron chi connectivity index (χ2n) is 4.48. The number of aliphatic carboxylic acids is 1. The lowest BCUT2D eigenvalue weighted by Crippen LogP contribution is -2.50. The van der Waals surface area contributed by atoms with Crippen molar-refractivity contribution < 1.29 is 9.90 Å². The highest BCUT2D eigenvalue weighted by atomic mass is 16.4. The Balaban J connectivity index is 2.43. The molecule has 0 spiro atoms. The molecule has 5 nitrogen and oxygen atoms in total. The van der Waals surface area contributed by atoms with Crippen LogP contribution in [0.1, 0.15) is 11.3 Å². The predicted octanol–water partition coefficient (Wildman–Crippen LogP) is 1.39. The van der Waals surface area contributed by atoms with E-state index in [4.69, 9.17) is 0 Å². The van der Waals surface area contributed by atoms with E-state index in [1.807, 2.05) is 31.2 Å². The van der Waals surface area contributed by atoms with Crippen molar-refractivity contribution in [2.75, 3.05) is 7.05 Å². The van der Waals surface area contributed by atoms with E-state index in [0.717, 1.165) is 5.69 Å². The third-order valence-electron chi connectivity index (χ3n) is 3.23. The normalized spacial score (nSPS) is 14.0. The van der Waals surface area contributed by atoms with E-state index >= 15 is 0 Å². The maximum atomic E-state index is 11.8. The molecule has 2 N–H and O–H groups in total. The SMILES string of the molecule is CNC(Cn1ccc(C)n1)(C(=O)O)c1ccccc1. The summed E-state index contributed by atoms with van der Waals surface area (Å²) >= 11 is 0. The van der Waals surface area contributed by atoms with Gasteiger partial charge in [-0.05, 0) is 25.6 Å². The number of benzene rings is 1. The summed E-state index contributed by atoms with van der Waals surface area (Å²) in [4.78, 5) is 11.8. The van der Waals surface area contributed by atoms with Crippen LogP contribution in [-0.2, 0) is 16.9 Å². The number of nitrogens with one attached hydrogen (secondary N) is 1. The first kappa shape index (κ1) is 13.3. The van der Waals surface area contributed by atoms with E-state index in [1.165, 1.54) is 0 Å². The lowest BCUT2D eigenvalue weighted by molar-refractivity contribution is -0.146. The van der Waals surface area contributed by atoms with Crippen molar-refractivity contribution in [3.63, 3.8) is 0 Å². The van der Waals surface area contributed by atoms with Gasteiger partial charge in [-0.3, -0.25) is 10.00 Å². The van der Waals surface area contributed by atoms with Gasteiger partial charge in [-0.25, -0.2) is 4.79 Å². The minimum Gasteiger partial charge on any atom is -0.480 e. The summed E-state index contributed by atoms with van der Waals surface area (Å²) in [6.45, 7) is 2.11. The largest absolute Gasteiger partial charge is 0.480 e. The van der Waals surface area contributed by atoms with Gasteiger partial charge in [0.1, 0.15) is 0 Å². The lowest BCUT2D eigenvalue weighted by atomic mass is 9.90. The minimum absolute atomic E-state index is 0.233. The number of rotatable bonds is 5. The van der Waals surface area contributed by atoms with Gasteiger partial charge in [0.05, 0.1) is 12.2 Å². The Morgan fingerprint density at radius 3 is 2.53 bits per heavy atom. The van der Waals surface area contributed by atoms with Crippen molar-refractivity contribution in [3.05, 3.63) is 53.9 Å². The van der Waals surface area contributed by atoms with Crippen LogP contribution < -0.4 is 5.32 Å². The Labute approximate surface area is 111 Å². The first-order valence-electron chi connectivity index (χ1n) is 6.06. The van der Waals surface area contributed by atoms with E-state index in [0.29, 0.717) is 5.56 Å². The minimum atomic E-state index is -1.18. The maximum absolute atomic E-state index is 11.8. The highest BCUT2D eigenvalue weighted by Gasteiger charge is 2.39. The van der Waals surface area contributed by atoms with Gasteiger partial charge in [0.15, 0.2) is 5.54 Å². The fraction of sp³-hybridized carbons (Fsp3) is 0.286. The molecule has 1 unspecified atom stereocenters. The summed E-state index contributed by atoms with van der Waals surface area (Å²) in [5.74, 6) is -0.922. The summed E-state index contributed by atoms with van der Waals surface area (Å²) < 4.78 is 1.65. The molecule has 100 valence electrons. The van der Waals surface area contributed by atoms with Crippen molar-refractivity contribution in [1.29, 1.82) is 0 Å². The molecule has 2 aromatic rings. The van der Waals surface area contributed by atoms with Crippen LogP contribution in [0, 0.1) is 6.92 Å². The number of hydrogen-bond donors (Lipinski definition) is 2. The molecular weight excluding hydrogens is 242 g/mol. The van der Waals surface area contributed by atoms with Crippen LogP contribution in [0.5, 0.6) is 0 Å². The van der Waals surface area contributed by atoms with Crippen molar-refractivity contribution in [1.82, 2.24) is 15.1 Å². The van der Waals surface area contributed by atoms with Crippen LogP contribution in [0.15, 0.2) is 42.6 Å². The first-order chi connectivity index (χ1) is 9.08. The Bertz CT molecular complexity index is 565. The molecule has 1 heterocycles. The molecule has 2 rings (SSSR count). The number of hydrogen-bond acceptors (Lipinski definition) is 3. The Morgan fingerprint density at radius 2 is 2.05 bits per heavy atom. The van der Waals surface area contributed by atoms with E-state index in [9.17, 15) is 9.90 Å². The molecule has 0 amide bonds. The molecule has 0 radical (unpaired) electrons. The van der Waals surface area contributed by atoms with Gasteiger partial charge in [-0.15, -0.1) is 0 Å². The average Bonchev–Trinajstić information content (AvgIpc) is 2.82. The highest BCUT2D eigenvalue weighted by molar-refractivity contribution is 5.80. The van der Waals surface area contributed by atoms with Gasteiger partial charge in [-0.2, -0.15) is 5.10 Å². The second kappa shape index (κ2) is 5.24. The van der Waals surface area contributed by atoms with Crippen LogP contribution >= 0.6 is 0 Å². The molecule has 0 aliphatic heterocycles. The number of likely N-dealkylation sites (N-methyl/N-ethyl adjacent to an activating group) is 1. The number of carboxylic acid groups (broad SMARTS) is 1. The highest BCUT2D eigenvalue weighted by Crippen LogP contribution is 2.23. The zero-order valence-electron chi connectivity index (χ0n) is 11.0. The second-order valence-corrected chi connectivity index (χ2v) is 4.48. The standard InChI is InChI=1S/C14H17N3O2/c1-11-8-9-17(16-11)10-14(15-2,13(18)19)12-6-4-3-5-7-12/h3-9,15H,10H2,1-2H3,(H,18,19). The third kappa shape index (κ3) is 2.51. The summed E-state index contributed by atoms with van der Waals surface area (Å²) in [6.07, 6.45) is 1.79. The Morgan fingerprint density at radius 1 is 1.37 bits per heavy atom. The number of nitrogens with zero attached hydrogens (tertiary/aromatic N) is 2. The van der Waals surface area contributed by atoms with Crippen LogP contribution in [0.3, 0.4) is 0 Å². The molecule has 19 heavy (non-hydrogen) atoms. The zero-order chi connectivity index (χ0) is 13.9. The van der Waals surface area contributed by atoms with E-state index in [2.05, 4.69) is 10.4 Å². The molecule has 0 aliphatic carbocycles. The quantitative estimate of drug-likeness (QED) is 0.851. The molecule has 0 saturated carbocycles. The Kier molecular flexibility index (Phi) is 3.66. The summed E-state index contributed by atoms with van der Waals surface area (Å²) in [5.41, 5.74) is 0.390. The smallest absolute Gasteiger partial charge is 0.330 e.